The molecule has 0 aliphatic heterocycles. The van der Waals surface area contributed by atoms with E-state index in [1.807, 2.05) is 31.3 Å². The quantitative estimate of drug-likeness (QED) is 0.824. The molecule has 1 aliphatic carbocycles. The Hall–Kier alpha value is -1.22. The Morgan fingerprint density at radius 2 is 2.12 bits per heavy atom. The molecule has 3 heteroatoms. The first-order valence-corrected chi connectivity index (χ1v) is 5.74. The summed E-state index contributed by atoms with van der Waals surface area (Å²) >= 11 is 0. The van der Waals surface area contributed by atoms with Crippen LogP contribution in [0.15, 0.2) is 24.3 Å². The number of aliphatic hydroxyl groups excluding tert-OH is 1. The van der Waals surface area contributed by atoms with Crippen molar-refractivity contribution in [3.63, 3.8) is 0 Å². The van der Waals surface area contributed by atoms with Crippen LogP contribution in [0.5, 0.6) is 5.75 Å². The second-order valence-electron chi connectivity index (χ2n) is 4.46. The van der Waals surface area contributed by atoms with Gasteiger partial charge in [-0.3, -0.25) is 0 Å². The lowest BCUT2D eigenvalue weighted by atomic mass is 10.2. The number of rotatable bonds is 5. The molecule has 1 unspecified atom stereocenters. The van der Waals surface area contributed by atoms with Crippen molar-refractivity contribution in [2.75, 3.05) is 25.6 Å². The van der Waals surface area contributed by atoms with Gasteiger partial charge in [0.1, 0.15) is 5.75 Å². The first kappa shape index (κ1) is 11.3. The van der Waals surface area contributed by atoms with Crippen LogP contribution in [0, 0.1) is 5.92 Å². The highest BCUT2D eigenvalue weighted by molar-refractivity contribution is 5.57. The molecule has 0 aromatic heterocycles. The molecule has 0 bridgehead atoms. The van der Waals surface area contributed by atoms with Gasteiger partial charge < -0.3 is 14.7 Å². The van der Waals surface area contributed by atoms with Crippen LogP contribution in [-0.2, 0) is 0 Å². The third-order valence-electron chi connectivity index (χ3n) is 3.12. The van der Waals surface area contributed by atoms with Crippen LogP contribution < -0.4 is 9.64 Å². The Morgan fingerprint density at radius 1 is 1.44 bits per heavy atom. The number of benzene rings is 1. The van der Waals surface area contributed by atoms with Crippen LogP contribution in [0.3, 0.4) is 0 Å². The highest BCUT2D eigenvalue weighted by Crippen LogP contribution is 2.34. The molecule has 0 radical (unpaired) electrons. The number of anilines is 1. The summed E-state index contributed by atoms with van der Waals surface area (Å²) in [7, 11) is 3.66. The predicted octanol–water partition coefficient (Wildman–Crippen LogP) is 1.90. The van der Waals surface area contributed by atoms with Crippen LogP contribution in [0.1, 0.15) is 12.8 Å². The van der Waals surface area contributed by atoms with Crippen molar-refractivity contribution < 1.29 is 9.84 Å². The number of aliphatic hydroxyl groups is 1. The smallest absolute Gasteiger partial charge is 0.142 e. The van der Waals surface area contributed by atoms with Crippen molar-refractivity contribution in [2.24, 2.45) is 5.92 Å². The maximum absolute atomic E-state index is 9.90. The zero-order valence-corrected chi connectivity index (χ0v) is 9.89. The van der Waals surface area contributed by atoms with Gasteiger partial charge in [0.15, 0.2) is 0 Å². The van der Waals surface area contributed by atoms with E-state index in [-0.39, 0.29) is 6.10 Å². The molecule has 1 fully saturated rings. The van der Waals surface area contributed by atoms with E-state index >= 15 is 0 Å². The third-order valence-corrected chi connectivity index (χ3v) is 3.12. The van der Waals surface area contributed by atoms with Crippen molar-refractivity contribution in [1.82, 2.24) is 0 Å². The summed E-state index contributed by atoms with van der Waals surface area (Å²) in [5.41, 5.74) is 1.03. The highest BCUT2D eigenvalue weighted by atomic mass is 16.5. The molecule has 0 spiro atoms. The van der Waals surface area contributed by atoms with Crippen LogP contribution in [0.25, 0.3) is 0 Å². The van der Waals surface area contributed by atoms with Crippen molar-refractivity contribution in [1.29, 1.82) is 0 Å². The third kappa shape index (κ3) is 2.47. The van der Waals surface area contributed by atoms with E-state index < -0.39 is 0 Å². The lowest BCUT2D eigenvalue weighted by molar-refractivity contribution is 0.158. The fourth-order valence-corrected chi connectivity index (χ4v) is 1.95. The first-order valence-electron chi connectivity index (χ1n) is 5.74. The summed E-state index contributed by atoms with van der Waals surface area (Å²) in [6.07, 6.45) is 2.12. The minimum Gasteiger partial charge on any atom is -0.495 e. The Balaban J connectivity index is 2.04. The number of nitrogens with zero attached hydrogens (tertiary/aromatic N) is 1. The van der Waals surface area contributed by atoms with Gasteiger partial charge in [-0.2, -0.15) is 0 Å². The average Bonchev–Trinajstić information content (AvgIpc) is 3.12. The van der Waals surface area contributed by atoms with E-state index in [0.717, 1.165) is 11.4 Å². The van der Waals surface area contributed by atoms with Gasteiger partial charge in [-0.15, -0.1) is 0 Å². The Bertz CT molecular complexity index is 350. The van der Waals surface area contributed by atoms with Crippen LogP contribution >= 0.6 is 0 Å². The molecular weight excluding hydrogens is 202 g/mol. The lowest BCUT2D eigenvalue weighted by Crippen LogP contribution is -2.30. The van der Waals surface area contributed by atoms with Crippen LogP contribution in [0.2, 0.25) is 0 Å². The monoisotopic (exact) mass is 221 g/mol. The summed E-state index contributed by atoms with van der Waals surface area (Å²) in [6.45, 7) is 0.672. The maximum Gasteiger partial charge on any atom is 0.142 e. The minimum atomic E-state index is -0.213. The second kappa shape index (κ2) is 4.74. The van der Waals surface area contributed by atoms with E-state index in [2.05, 4.69) is 4.90 Å². The zero-order chi connectivity index (χ0) is 11.5. The molecule has 1 N–H and O–H groups in total. The summed E-state index contributed by atoms with van der Waals surface area (Å²) in [4.78, 5) is 2.06. The van der Waals surface area contributed by atoms with Gasteiger partial charge in [-0.1, -0.05) is 12.1 Å². The zero-order valence-electron chi connectivity index (χ0n) is 9.89. The van der Waals surface area contributed by atoms with Crippen molar-refractivity contribution in [2.45, 2.75) is 18.9 Å². The summed E-state index contributed by atoms with van der Waals surface area (Å²) in [6, 6.07) is 7.89. The van der Waals surface area contributed by atoms with Gasteiger partial charge in [-0.05, 0) is 30.9 Å². The number of likely N-dealkylation sites (N-methyl/N-ethyl adjacent to an activating group) is 1. The van der Waals surface area contributed by atoms with Gasteiger partial charge in [0, 0.05) is 13.6 Å². The molecule has 2 rings (SSSR count). The molecule has 0 amide bonds. The fraction of sp³-hybridized carbons (Fsp3) is 0.538. The molecule has 1 saturated carbocycles. The molecule has 1 atom stereocenters. The molecule has 16 heavy (non-hydrogen) atoms. The van der Waals surface area contributed by atoms with E-state index in [4.69, 9.17) is 4.74 Å². The first-order chi connectivity index (χ1) is 7.72. The van der Waals surface area contributed by atoms with E-state index in [1.165, 1.54) is 12.8 Å². The average molecular weight is 221 g/mol. The SMILES string of the molecule is COc1ccccc1N(C)CC(O)C1CC1. The Kier molecular flexibility index (Phi) is 3.34. The number of para-hydroxylation sites is 2. The van der Waals surface area contributed by atoms with Gasteiger partial charge in [0.05, 0.1) is 18.9 Å². The fourth-order valence-electron chi connectivity index (χ4n) is 1.95. The van der Waals surface area contributed by atoms with Crippen molar-refractivity contribution in [3.05, 3.63) is 24.3 Å². The molecular formula is C13H19NO2. The summed E-state index contributed by atoms with van der Waals surface area (Å²) < 4.78 is 5.30. The molecule has 0 heterocycles. The topological polar surface area (TPSA) is 32.7 Å². The Morgan fingerprint density at radius 3 is 2.75 bits per heavy atom. The van der Waals surface area contributed by atoms with Crippen molar-refractivity contribution >= 4 is 5.69 Å². The second-order valence-corrected chi connectivity index (χ2v) is 4.46. The van der Waals surface area contributed by atoms with E-state index in [9.17, 15) is 5.11 Å². The number of ether oxygens (including phenoxy) is 1. The largest absolute Gasteiger partial charge is 0.495 e. The van der Waals surface area contributed by atoms with Gasteiger partial charge in [0.2, 0.25) is 0 Å². The summed E-state index contributed by atoms with van der Waals surface area (Å²) in [5, 5.41) is 9.90. The maximum atomic E-state index is 9.90. The molecule has 1 aromatic rings. The van der Waals surface area contributed by atoms with E-state index in [1.54, 1.807) is 7.11 Å². The van der Waals surface area contributed by atoms with E-state index in [0.29, 0.717) is 12.5 Å². The number of hydrogen-bond donors (Lipinski definition) is 1. The number of hydrogen-bond acceptors (Lipinski definition) is 3. The molecule has 1 aromatic carbocycles. The molecule has 1 aliphatic rings. The minimum absolute atomic E-state index is 0.213. The normalized spacial score (nSPS) is 16.9. The lowest BCUT2D eigenvalue weighted by Gasteiger charge is -2.24. The van der Waals surface area contributed by atoms with Gasteiger partial charge in [0.25, 0.3) is 0 Å². The molecule has 0 saturated heterocycles. The van der Waals surface area contributed by atoms with Crippen LogP contribution in [-0.4, -0.2) is 31.9 Å². The number of methoxy groups -OCH3 is 1. The highest BCUT2D eigenvalue weighted by Gasteiger charge is 2.30. The van der Waals surface area contributed by atoms with Gasteiger partial charge in [-0.25, -0.2) is 0 Å². The summed E-state index contributed by atoms with van der Waals surface area (Å²) in [5.74, 6) is 1.37. The predicted molar refractivity (Wildman–Crippen MR) is 65.0 cm³/mol. The standard InChI is InChI=1S/C13H19NO2/c1-14(9-12(15)10-7-8-10)11-5-3-4-6-13(11)16-2/h3-6,10,12,15H,7-9H2,1-2H3. The van der Waals surface area contributed by atoms with Gasteiger partial charge >= 0.3 is 0 Å². The van der Waals surface area contributed by atoms with Crippen molar-refractivity contribution in [3.8, 4) is 5.75 Å². The Labute approximate surface area is 96.6 Å². The molecule has 88 valence electrons. The van der Waals surface area contributed by atoms with Crippen LogP contribution in [0.4, 0.5) is 5.69 Å². The molecule has 3 nitrogen and oxygen atoms in total.